The van der Waals surface area contributed by atoms with Crippen molar-refractivity contribution >= 4 is 33.2 Å². The quantitative estimate of drug-likeness (QED) is 0.895. The summed E-state index contributed by atoms with van der Waals surface area (Å²) < 4.78 is 0.968. The molecule has 4 heteroatoms. The maximum atomic E-state index is 12.0. The third kappa shape index (κ3) is 3.21. The fourth-order valence-corrected chi connectivity index (χ4v) is 2.93. The van der Waals surface area contributed by atoms with Crippen molar-refractivity contribution in [2.45, 2.75) is 19.9 Å². The first-order valence-corrected chi connectivity index (χ1v) is 7.30. The summed E-state index contributed by atoms with van der Waals surface area (Å²) in [5.41, 5.74) is 2.34. The Morgan fingerprint density at radius 2 is 1.89 bits per heavy atom. The molecule has 18 heavy (non-hydrogen) atoms. The Bertz CT molecular complexity index is 547. The lowest BCUT2D eigenvalue weighted by Crippen LogP contribution is -2.25. The number of thiophene rings is 1. The smallest absolute Gasteiger partial charge is 0.261 e. The van der Waals surface area contributed by atoms with Gasteiger partial charge < -0.3 is 5.32 Å². The number of amides is 1. The van der Waals surface area contributed by atoms with Crippen molar-refractivity contribution in [2.75, 3.05) is 0 Å². The van der Waals surface area contributed by atoms with Gasteiger partial charge >= 0.3 is 0 Å². The van der Waals surface area contributed by atoms with Gasteiger partial charge in [0.1, 0.15) is 0 Å². The van der Waals surface area contributed by atoms with Crippen LogP contribution >= 0.6 is 27.3 Å². The van der Waals surface area contributed by atoms with Crippen molar-refractivity contribution in [1.29, 1.82) is 0 Å². The summed E-state index contributed by atoms with van der Waals surface area (Å²) in [7, 11) is 0. The zero-order chi connectivity index (χ0) is 13.1. The van der Waals surface area contributed by atoms with E-state index in [9.17, 15) is 4.79 Å². The van der Waals surface area contributed by atoms with E-state index in [1.54, 1.807) is 0 Å². The van der Waals surface area contributed by atoms with Crippen LogP contribution < -0.4 is 5.32 Å². The standard InChI is InChI=1S/C14H14BrNOS/c1-9-3-5-11(6-4-9)10(2)16-14(17)12-7-8-13(15)18-12/h3-8,10H,1-2H3,(H,16,17)/t10-/m1/s1. The number of benzene rings is 1. The Hall–Kier alpha value is -1.13. The molecule has 1 aromatic carbocycles. The van der Waals surface area contributed by atoms with Gasteiger partial charge in [0.05, 0.1) is 14.7 Å². The molecular formula is C14H14BrNOS. The van der Waals surface area contributed by atoms with Crippen LogP contribution in [-0.4, -0.2) is 5.91 Å². The van der Waals surface area contributed by atoms with E-state index in [2.05, 4.69) is 40.3 Å². The van der Waals surface area contributed by atoms with Crippen LogP contribution in [-0.2, 0) is 0 Å². The highest BCUT2D eigenvalue weighted by Crippen LogP contribution is 2.23. The summed E-state index contributed by atoms with van der Waals surface area (Å²) in [5, 5.41) is 3.00. The third-order valence-corrected chi connectivity index (χ3v) is 4.34. The van der Waals surface area contributed by atoms with Gasteiger partial charge in [0.15, 0.2) is 0 Å². The number of nitrogens with one attached hydrogen (secondary N) is 1. The SMILES string of the molecule is Cc1ccc([C@@H](C)NC(=O)c2ccc(Br)s2)cc1. The molecule has 1 N–H and O–H groups in total. The van der Waals surface area contributed by atoms with Crippen LogP contribution in [0.15, 0.2) is 40.2 Å². The average molecular weight is 324 g/mol. The molecule has 2 nitrogen and oxygen atoms in total. The molecular weight excluding hydrogens is 310 g/mol. The fraction of sp³-hybridized carbons (Fsp3) is 0.214. The van der Waals surface area contributed by atoms with Crippen LogP contribution in [0.3, 0.4) is 0 Å². The molecule has 2 rings (SSSR count). The second kappa shape index (κ2) is 5.67. The third-order valence-electron chi connectivity index (χ3n) is 2.72. The van der Waals surface area contributed by atoms with Crippen LogP contribution in [0.1, 0.15) is 33.8 Å². The molecule has 0 aliphatic heterocycles. The molecule has 0 saturated heterocycles. The molecule has 0 radical (unpaired) electrons. The van der Waals surface area contributed by atoms with Gasteiger partial charge in [0, 0.05) is 0 Å². The second-order valence-corrected chi connectivity index (χ2v) is 6.67. The number of carbonyl (C=O) groups is 1. The minimum absolute atomic E-state index is 0.0129. The highest BCUT2D eigenvalue weighted by atomic mass is 79.9. The van der Waals surface area contributed by atoms with E-state index in [1.807, 2.05) is 31.2 Å². The van der Waals surface area contributed by atoms with Crippen molar-refractivity contribution in [2.24, 2.45) is 0 Å². The average Bonchev–Trinajstić information content (AvgIpc) is 2.76. The topological polar surface area (TPSA) is 29.1 Å². The number of halogens is 1. The maximum Gasteiger partial charge on any atom is 0.261 e. The molecule has 0 saturated carbocycles. The Labute approximate surface area is 119 Å². The Balaban J connectivity index is 2.05. The van der Waals surface area contributed by atoms with Gasteiger partial charge in [-0.25, -0.2) is 0 Å². The molecule has 1 amide bonds. The van der Waals surface area contributed by atoms with Crippen molar-refractivity contribution in [3.05, 3.63) is 56.2 Å². The molecule has 1 atom stereocenters. The second-order valence-electron chi connectivity index (χ2n) is 4.21. The van der Waals surface area contributed by atoms with E-state index in [1.165, 1.54) is 16.9 Å². The number of hydrogen-bond donors (Lipinski definition) is 1. The maximum absolute atomic E-state index is 12.0. The highest BCUT2D eigenvalue weighted by Gasteiger charge is 2.12. The molecule has 0 fully saturated rings. The van der Waals surface area contributed by atoms with Crippen LogP contribution in [0.4, 0.5) is 0 Å². The normalized spacial score (nSPS) is 12.2. The number of rotatable bonds is 3. The predicted molar refractivity (Wildman–Crippen MR) is 79.1 cm³/mol. The minimum atomic E-state index is -0.0289. The van der Waals surface area contributed by atoms with Gasteiger partial charge in [0.25, 0.3) is 5.91 Å². The lowest BCUT2D eigenvalue weighted by atomic mass is 10.1. The van der Waals surface area contributed by atoms with Crippen molar-refractivity contribution in [1.82, 2.24) is 5.32 Å². The number of aryl methyl sites for hydroxylation is 1. The lowest BCUT2D eigenvalue weighted by molar-refractivity contribution is 0.0944. The van der Waals surface area contributed by atoms with Crippen LogP contribution in [0.5, 0.6) is 0 Å². The molecule has 0 bridgehead atoms. The van der Waals surface area contributed by atoms with E-state index in [0.29, 0.717) is 0 Å². The van der Waals surface area contributed by atoms with Crippen LogP contribution in [0.25, 0.3) is 0 Å². The largest absolute Gasteiger partial charge is 0.345 e. The van der Waals surface area contributed by atoms with Crippen LogP contribution in [0, 0.1) is 6.92 Å². The van der Waals surface area contributed by atoms with E-state index in [0.717, 1.165) is 14.2 Å². The van der Waals surface area contributed by atoms with E-state index in [-0.39, 0.29) is 11.9 Å². The van der Waals surface area contributed by atoms with E-state index in [4.69, 9.17) is 0 Å². The van der Waals surface area contributed by atoms with Gasteiger partial charge in [-0.3, -0.25) is 4.79 Å². The van der Waals surface area contributed by atoms with Gasteiger partial charge in [-0.15, -0.1) is 11.3 Å². The zero-order valence-corrected chi connectivity index (χ0v) is 12.6. The molecule has 0 aliphatic rings. The fourth-order valence-electron chi connectivity index (χ4n) is 1.64. The molecule has 0 spiro atoms. The Morgan fingerprint density at radius 1 is 1.22 bits per heavy atom. The summed E-state index contributed by atoms with van der Waals surface area (Å²) >= 11 is 4.80. The molecule has 0 aliphatic carbocycles. The first-order chi connectivity index (χ1) is 8.56. The summed E-state index contributed by atoms with van der Waals surface area (Å²) in [6, 6.07) is 11.9. The molecule has 94 valence electrons. The number of hydrogen-bond acceptors (Lipinski definition) is 2. The van der Waals surface area contributed by atoms with Gasteiger partial charge in [0.2, 0.25) is 0 Å². The number of carbonyl (C=O) groups excluding carboxylic acids is 1. The monoisotopic (exact) mass is 323 g/mol. The predicted octanol–water partition coefficient (Wildman–Crippen LogP) is 4.31. The lowest BCUT2D eigenvalue weighted by Gasteiger charge is -2.13. The molecule has 0 unspecified atom stereocenters. The molecule has 1 aromatic heterocycles. The Kier molecular flexibility index (Phi) is 4.19. The van der Waals surface area contributed by atoms with Crippen molar-refractivity contribution < 1.29 is 4.79 Å². The van der Waals surface area contributed by atoms with Crippen molar-refractivity contribution in [3.8, 4) is 0 Å². The van der Waals surface area contributed by atoms with Gasteiger partial charge in [-0.1, -0.05) is 29.8 Å². The summed E-state index contributed by atoms with van der Waals surface area (Å²) in [6.07, 6.45) is 0. The summed E-state index contributed by atoms with van der Waals surface area (Å²) in [4.78, 5) is 12.7. The van der Waals surface area contributed by atoms with Gasteiger partial charge in [-0.2, -0.15) is 0 Å². The van der Waals surface area contributed by atoms with E-state index < -0.39 is 0 Å². The van der Waals surface area contributed by atoms with Crippen molar-refractivity contribution in [3.63, 3.8) is 0 Å². The first-order valence-electron chi connectivity index (χ1n) is 5.69. The zero-order valence-electron chi connectivity index (χ0n) is 10.2. The molecule has 1 heterocycles. The van der Waals surface area contributed by atoms with Crippen LogP contribution in [0.2, 0.25) is 0 Å². The summed E-state index contributed by atoms with van der Waals surface area (Å²) in [5.74, 6) is -0.0289. The minimum Gasteiger partial charge on any atom is -0.345 e. The Morgan fingerprint density at radius 3 is 2.44 bits per heavy atom. The first kappa shape index (κ1) is 13.3. The van der Waals surface area contributed by atoms with Gasteiger partial charge in [-0.05, 0) is 47.5 Å². The highest BCUT2D eigenvalue weighted by molar-refractivity contribution is 9.11. The van der Waals surface area contributed by atoms with E-state index >= 15 is 0 Å². The summed E-state index contributed by atoms with van der Waals surface area (Å²) in [6.45, 7) is 4.04. The molecule has 2 aromatic rings.